The van der Waals surface area contributed by atoms with Gasteiger partial charge in [-0.15, -0.1) is 11.8 Å². The van der Waals surface area contributed by atoms with Crippen molar-refractivity contribution in [1.29, 1.82) is 0 Å². The lowest BCUT2D eigenvalue weighted by Gasteiger charge is -2.06. The molecule has 0 bridgehead atoms. The Hall–Kier alpha value is -1.21. The van der Waals surface area contributed by atoms with Crippen LogP contribution in [0.4, 0.5) is 5.69 Å². The Balaban J connectivity index is 2.71. The molecule has 18 heavy (non-hydrogen) atoms. The largest absolute Gasteiger partial charge is 0.465 e. The monoisotopic (exact) mass is 289 g/mol. The van der Waals surface area contributed by atoms with Gasteiger partial charge in [0.1, 0.15) is 9.84 Å². The Bertz CT molecular complexity index is 540. The Labute approximate surface area is 111 Å². The number of thioether (sulfide) groups is 1. The van der Waals surface area contributed by atoms with Crippen LogP contribution in [0.1, 0.15) is 10.4 Å². The molecule has 1 rings (SSSR count). The molecule has 0 saturated carbocycles. The molecule has 0 amide bonds. The molecule has 7 heteroatoms. The van der Waals surface area contributed by atoms with Crippen molar-refractivity contribution >= 4 is 33.3 Å². The van der Waals surface area contributed by atoms with Crippen molar-refractivity contribution < 1.29 is 17.9 Å². The van der Waals surface area contributed by atoms with Crippen molar-refractivity contribution in [2.45, 2.75) is 4.90 Å². The summed E-state index contributed by atoms with van der Waals surface area (Å²) in [7, 11) is -1.67. The van der Waals surface area contributed by atoms with E-state index in [2.05, 4.69) is 4.74 Å². The molecule has 0 atom stereocenters. The van der Waals surface area contributed by atoms with Gasteiger partial charge in [0.25, 0.3) is 0 Å². The quantitative estimate of drug-likeness (QED) is 0.498. The minimum Gasteiger partial charge on any atom is -0.465 e. The number of hydrogen-bond donors (Lipinski definition) is 1. The third-order valence-electron chi connectivity index (χ3n) is 2.14. The van der Waals surface area contributed by atoms with Crippen molar-refractivity contribution in [2.24, 2.45) is 0 Å². The maximum atomic E-state index is 11.3. The molecule has 0 heterocycles. The van der Waals surface area contributed by atoms with Crippen LogP contribution in [0, 0.1) is 0 Å². The molecular formula is C11H15NO4S2. The van der Waals surface area contributed by atoms with Gasteiger partial charge in [-0.3, -0.25) is 0 Å². The predicted molar refractivity (Wildman–Crippen MR) is 72.6 cm³/mol. The van der Waals surface area contributed by atoms with E-state index in [-0.39, 0.29) is 5.75 Å². The fraction of sp³-hybridized carbons (Fsp3) is 0.364. The number of methoxy groups -OCH3 is 1. The minimum atomic E-state index is -2.97. The van der Waals surface area contributed by atoms with Crippen molar-refractivity contribution in [3.63, 3.8) is 0 Å². The van der Waals surface area contributed by atoms with Crippen LogP contribution < -0.4 is 5.73 Å². The first-order valence-corrected chi connectivity index (χ1v) is 8.16. The second kappa shape index (κ2) is 6.10. The summed E-state index contributed by atoms with van der Waals surface area (Å²) in [6.45, 7) is 0. The van der Waals surface area contributed by atoms with Gasteiger partial charge in [0, 0.05) is 22.6 Å². The number of carbonyl (C=O) groups excluding carboxylic acids is 1. The number of carbonyl (C=O) groups is 1. The van der Waals surface area contributed by atoms with Gasteiger partial charge in [-0.25, -0.2) is 13.2 Å². The summed E-state index contributed by atoms with van der Waals surface area (Å²) in [4.78, 5) is 12.0. The van der Waals surface area contributed by atoms with Crippen LogP contribution in [-0.2, 0) is 14.6 Å². The van der Waals surface area contributed by atoms with Crippen LogP contribution in [0.5, 0.6) is 0 Å². The molecule has 0 spiro atoms. The van der Waals surface area contributed by atoms with Gasteiger partial charge in [0.05, 0.1) is 18.4 Å². The van der Waals surface area contributed by atoms with Gasteiger partial charge < -0.3 is 10.5 Å². The van der Waals surface area contributed by atoms with Crippen LogP contribution in [-0.4, -0.2) is 39.3 Å². The first-order valence-electron chi connectivity index (χ1n) is 5.12. The number of anilines is 1. The Morgan fingerprint density at radius 1 is 1.44 bits per heavy atom. The van der Waals surface area contributed by atoms with Crippen LogP contribution in [0.25, 0.3) is 0 Å². The molecule has 0 aliphatic rings. The van der Waals surface area contributed by atoms with Crippen molar-refractivity contribution in [3.05, 3.63) is 23.8 Å². The highest BCUT2D eigenvalue weighted by atomic mass is 32.2. The Morgan fingerprint density at radius 3 is 2.61 bits per heavy atom. The molecule has 0 fully saturated rings. The van der Waals surface area contributed by atoms with E-state index in [1.54, 1.807) is 12.1 Å². The fourth-order valence-corrected chi connectivity index (χ4v) is 3.38. The average Bonchev–Trinajstić information content (AvgIpc) is 2.28. The van der Waals surface area contributed by atoms with E-state index < -0.39 is 15.8 Å². The molecule has 2 N–H and O–H groups in total. The second-order valence-corrected chi connectivity index (χ2v) is 7.12. The Morgan fingerprint density at radius 2 is 2.11 bits per heavy atom. The lowest BCUT2D eigenvalue weighted by molar-refractivity contribution is 0.0600. The van der Waals surface area contributed by atoms with Crippen molar-refractivity contribution in [1.82, 2.24) is 0 Å². The SMILES string of the molecule is COC(=O)c1ccc(SCCS(C)(=O)=O)c(N)c1. The van der Waals surface area contributed by atoms with Gasteiger partial charge in [-0.05, 0) is 18.2 Å². The minimum absolute atomic E-state index is 0.0931. The maximum absolute atomic E-state index is 11.3. The zero-order valence-electron chi connectivity index (χ0n) is 10.2. The molecule has 0 aromatic heterocycles. The number of nitrogens with two attached hydrogens (primary N) is 1. The molecule has 100 valence electrons. The second-order valence-electron chi connectivity index (χ2n) is 3.72. The predicted octanol–water partition coefficient (Wildman–Crippen LogP) is 1.19. The zero-order chi connectivity index (χ0) is 13.8. The number of esters is 1. The molecule has 0 unspecified atom stereocenters. The molecule has 1 aromatic carbocycles. The number of sulfone groups is 1. The average molecular weight is 289 g/mol. The molecule has 1 aromatic rings. The first kappa shape index (κ1) is 14.8. The third-order valence-corrected chi connectivity index (χ3v) is 4.44. The Kier molecular flexibility index (Phi) is 5.03. The number of benzene rings is 1. The summed E-state index contributed by atoms with van der Waals surface area (Å²) in [5.41, 5.74) is 6.60. The number of nitrogen functional groups attached to an aromatic ring is 1. The number of hydrogen-bond acceptors (Lipinski definition) is 6. The standard InChI is InChI=1S/C11H15NO4S2/c1-16-11(13)8-3-4-10(9(12)7-8)17-5-6-18(2,14)15/h3-4,7H,5-6,12H2,1-2H3. The molecule has 0 saturated heterocycles. The highest BCUT2D eigenvalue weighted by Crippen LogP contribution is 2.26. The molecule has 0 aliphatic heterocycles. The third kappa shape index (κ3) is 4.58. The van der Waals surface area contributed by atoms with Gasteiger partial charge in [-0.2, -0.15) is 0 Å². The van der Waals surface area contributed by atoms with Gasteiger partial charge >= 0.3 is 5.97 Å². The summed E-state index contributed by atoms with van der Waals surface area (Å²) in [5, 5.41) is 0. The van der Waals surface area contributed by atoms with Crippen molar-refractivity contribution in [3.8, 4) is 0 Å². The molecule has 0 radical (unpaired) electrons. The normalized spacial score (nSPS) is 11.2. The van der Waals surface area contributed by atoms with Crippen LogP contribution >= 0.6 is 11.8 Å². The fourth-order valence-electron chi connectivity index (χ4n) is 1.23. The van der Waals surface area contributed by atoms with Gasteiger partial charge in [-0.1, -0.05) is 0 Å². The topological polar surface area (TPSA) is 86.5 Å². The lowest BCUT2D eigenvalue weighted by atomic mass is 10.2. The molecule has 0 aliphatic carbocycles. The van der Waals surface area contributed by atoms with Crippen molar-refractivity contribution in [2.75, 3.05) is 30.6 Å². The summed E-state index contributed by atoms with van der Waals surface area (Å²) < 4.78 is 26.5. The highest BCUT2D eigenvalue weighted by molar-refractivity contribution is 8.00. The molecular weight excluding hydrogens is 274 g/mol. The van der Waals surface area contributed by atoms with E-state index in [4.69, 9.17) is 5.73 Å². The van der Waals surface area contributed by atoms with Crippen LogP contribution in [0.3, 0.4) is 0 Å². The summed E-state index contributed by atoms with van der Waals surface area (Å²) in [6, 6.07) is 4.81. The van der Waals surface area contributed by atoms with Crippen LogP contribution in [0.15, 0.2) is 23.1 Å². The summed E-state index contributed by atoms with van der Waals surface area (Å²) in [5.74, 6) is 0.0746. The highest BCUT2D eigenvalue weighted by Gasteiger charge is 2.09. The van der Waals surface area contributed by atoms with E-state index in [1.165, 1.54) is 31.2 Å². The summed E-state index contributed by atoms with van der Waals surface area (Å²) >= 11 is 1.35. The number of ether oxygens (including phenoxy) is 1. The zero-order valence-corrected chi connectivity index (χ0v) is 11.8. The molecule has 5 nitrogen and oxygen atoms in total. The van der Waals surface area contributed by atoms with Gasteiger partial charge in [0.2, 0.25) is 0 Å². The number of rotatable bonds is 5. The van der Waals surface area contributed by atoms with Gasteiger partial charge in [0.15, 0.2) is 0 Å². The first-order chi connectivity index (χ1) is 8.33. The van der Waals surface area contributed by atoms with E-state index in [9.17, 15) is 13.2 Å². The lowest BCUT2D eigenvalue weighted by Crippen LogP contribution is -2.06. The smallest absolute Gasteiger partial charge is 0.337 e. The van der Waals surface area contributed by atoms with E-state index in [1.807, 2.05) is 0 Å². The van der Waals surface area contributed by atoms with E-state index in [0.717, 1.165) is 4.90 Å². The maximum Gasteiger partial charge on any atom is 0.337 e. The van der Waals surface area contributed by atoms with E-state index in [0.29, 0.717) is 17.0 Å². The van der Waals surface area contributed by atoms with Crippen LogP contribution in [0.2, 0.25) is 0 Å². The summed E-state index contributed by atoms with van der Waals surface area (Å²) in [6.07, 6.45) is 1.19. The van der Waals surface area contributed by atoms with E-state index >= 15 is 0 Å².